The summed E-state index contributed by atoms with van der Waals surface area (Å²) >= 11 is 0. The Morgan fingerprint density at radius 1 is 1.18 bits per heavy atom. The fourth-order valence-corrected chi connectivity index (χ4v) is 9.23. The van der Waals surface area contributed by atoms with E-state index in [0.717, 1.165) is 44.9 Å². The number of carboxylic acids is 1. The number of aromatic hydroxyl groups is 1. The fourth-order valence-electron chi connectivity index (χ4n) is 9.23. The Balaban J connectivity index is 1.31. The number of fused-ring (bicyclic) bond motifs is 5. The van der Waals surface area contributed by atoms with Crippen LogP contribution in [0, 0.1) is 17.3 Å². The molecule has 1 aromatic carbocycles. The van der Waals surface area contributed by atoms with Crippen LogP contribution in [0.15, 0.2) is 36.0 Å². The van der Waals surface area contributed by atoms with E-state index in [1.165, 1.54) is 18.1 Å². The van der Waals surface area contributed by atoms with E-state index in [2.05, 4.69) is 28.6 Å². The number of aliphatic carboxylic acids is 1. The smallest absolute Gasteiger partial charge is 0.331 e. The predicted molar refractivity (Wildman–Crippen MR) is 163 cm³/mol. The van der Waals surface area contributed by atoms with Crippen LogP contribution in [0.5, 0.6) is 5.75 Å². The van der Waals surface area contributed by atoms with E-state index in [9.17, 15) is 24.9 Å². The third kappa shape index (κ3) is 5.04. The van der Waals surface area contributed by atoms with Crippen LogP contribution >= 0.6 is 0 Å². The molecule has 238 valence electrons. The van der Waals surface area contributed by atoms with E-state index in [1.54, 1.807) is 23.0 Å². The van der Waals surface area contributed by atoms with Crippen molar-refractivity contribution in [2.45, 2.75) is 121 Å². The second-order valence-electron chi connectivity index (χ2n) is 13.8. The van der Waals surface area contributed by atoms with Gasteiger partial charge in [-0.2, -0.15) is 0 Å². The zero-order valence-corrected chi connectivity index (χ0v) is 26.2. The number of rotatable bonds is 8. The highest BCUT2D eigenvalue weighted by molar-refractivity contribution is 5.87. The van der Waals surface area contributed by atoms with Gasteiger partial charge in [-0.1, -0.05) is 32.1 Å². The first-order valence-corrected chi connectivity index (χ1v) is 16.3. The number of nitrogens with one attached hydrogen (secondary N) is 1. The normalized spacial score (nSPS) is 34.5. The van der Waals surface area contributed by atoms with Gasteiger partial charge in [0.1, 0.15) is 17.0 Å². The molecule has 1 amide bonds. The Hall–Kier alpha value is -3.24. The number of phenols is 1. The minimum atomic E-state index is -1.18. The quantitative estimate of drug-likeness (QED) is 0.336. The van der Waals surface area contributed by atoms with E-state index in [1.807, 2.05) is 19.9 Å². The van der Waals surface area contributed by atoms with Gasteiger partial charge in [0.25, 0.3) is 0 Å². The van der Waals surface area contributed by atoms with Crippen LogP contribution in [0.2, 0.25) is 0 Å². The maximum absolute atomic E-state index is 12.5. The largest absolute Gasteiger partial charge is 0.508 e. The number of aliphatic hydroxyl groups is 1. The summed E-state index contributed by atoms with van der Waals surface area (Å²) < 4.78 is 7.99. The van der Waals surface area contributed by atoms with E-state index in [0.29, 0.717) is 35.6 Å². The highest BCUT2D eigenvalue weighted by Crippen LogP contribution is 2.66. The summed E-state index contributed by atoms with van der Waals surface area (Å²) in [6, 6.07) is 4.60. The molecule has 10 heteroatoms. The van der Waals surface area contributed by atoms with Gasteiger partial charge in [0, 0.05) is 24.3 Å². The summed E-state index contributed by atoms with van der Waals surface area (Å²) in [5, 5.41) is 44.5. The molecule has 2 aromatic rings. The monoisotopic (exact) mass is 606 g/mol. The number of carboxylic acid groups (broad SMARTS) is 1. The molecule has 0 spiro atoms. The van der Waals surface area contributed by atoms with Gasteiger partial charge in [-0.25, -0.2) is 9.48 Å². The van der Waals surface area contributed by atoms with Crippen molar-refractivity contribution in [3.8, 4) is 5.75 Å². The minimum Gasteiger partial charge on any atom is -0.508 e. The molecule has 6 rings (SSSR count). The van der Waals surface area contributed by atoms with Crippen LogP contribution in [0.3, 0.4) is 0 Å². The van der Waals surface area contributed by atoms with Crippen LogP contribution in [-0.2, 0) is 26.3 Å². The van der Waals surface area contributed by atoms with E-state index in [4.69, 9.17) is 4.74 Å². The van der Waals surface area contributed by atoms with Crippen LogP contribution in [0.1, 0.15) is 108 Å². The number of nitrogens with zero attached hydrogens (tertiary/aromatic N) is 3. The number of hydrogen-bond acceptors (Lipinski definition) is 7. The molecule has 0 aliphatic heterocycles. The Morgan fingerprint density at radius 3 is 2.66 bits per heavy atom. The number of aryl methyl sites for hydroxylation is 1. The lowest BCUT2D eigenvalue weighted by Crippen LogP contribution is -2.52. The van der Waals surface area contributed by atoms with Gasteiger partial charge in [0.05, 0.1) is 30.5 Å². The Bertz CT molecular complexity index is 1450. The van der Waals surface area contributed by atoms with Crippen molar-refractivity contribution in [3.63, 3.8) is 0 Å². The van der Waals surface area contributed by atoms with Crippen LogP contribution in [0.25, 0.3) is 0 Å². The second kappa shape index (κ2) is 11.6. The third-order valence-electron chi connectivity index (χ3n) is 11.6. The summed E-state index contributed by atoms with van der Waals surface area (Å²) in [7, 11) is 0. The summed E-state index contributed by atoms with van der Waals surface area (Å²) in [6.07, 6.45) is 9.71. The molecule has 2 fully saturated rings. The van der Waals surface area contributed by atoms with Crippen LogP contribution in [0.4, 0.5) is 0 Å². The first kappa shape index (κ1) is 30.8. The first-order chi connectivity index (χ1) is 21.0. The number of carbonyl (C=O) groups excluding carboxylic acids is 1. The third-order valence-corrected chi connectivity index (χ3v) is 11.6. The fraction of sp³-hybridized carbons (Fsp3) is 0.647. The lowest BCUT2D eigenvalue weighted by atomic mass is 9.53. The predicted octanol–water partition coefficient (Wildman–Crippen LogP) is 4.76. The molecule has 44 heavy (non-hydrogen) atoms. The standard InChI is InChI=1S/C34H46N4O6/c1-5-23(6-2)44-29-17-21(32(41)42)16-28(31(29)35-19(3)39)38-18-30(36-37-38)34(43)14-12-27-26-9-7-20-15-22(40)8-10-24(20)25(26)11-13-33(27,34)4/h8,10,15-16,18,23,25-29,31,40,43H,5-7,9,11-14,17H2,1-4H3,(H,35,39)(H,41,42)/t25-,26-,27+,28+,29-,31-,33+,34-/m1/s1. The highest BCUT2D eigenvalue weighted by Gasteiger charge is 2.63. The molecular weight excluding hydrogens is 560 g/mol. The number of phenolic OH excluding ortho intramolecular Hbond substituents is 1. The molecule has 2 saturated carbocycles. The van der Waals surface area contributed by atoms with Crippen molar-refractivity contribution in [3.05, 3.63) is 52.9 Å². The maximum atomic E-state index is 12.5. The van der Waals surface area contributed by atoms with Gasteiger partial charge in [0.2, 0.25) is 5.91 Å². The molecular formula is C34H46N4O6. The molecule has 4 aliphatic rings. The van der Waals surface area contributed by atoms with Crippen molar-refractivity contribution in [2.75, 3.05) is 0 Å². The molecule has 0 radical (unpaired) electrons. The van der Waals surface area contributed by atoms with Crippen molar-refractivity contribution >= 4 is 11.9 Å². The molecule has 4 N–H and O–H groups in total. The number of benzene rings is 1. The second-order valence-corrected chi connectivity index (χ2v) is 13.8. The van der Waals surface area contributed by atoms with Crippen LogP contribution < -0.4 is 5.32 Å². The highest BCUT2D eigenvalue weighted by atomic mass is 16.5. The lowest BCUT2D eigenvalue weighted by molar-refractivity contribution is -0.134. The van der Waals surface area contributed by atoms with E-state index >= 15 is 0 Å². The zero-order chi connectivity index (χ0) is 31.4. The number of hydrogen-bond donors (Lipinski definition) is 4. The van der Waals surface area contributed by atoms with Gasteiger partial charge < -0.3 is 25.4 Å². The van der Waals surface area contributed by atoms with Gasteiger partial charge in [-0.05, 0) is 98.5 Å². The van der Waals surface area contributed by atoms with Crippen molar-refractivity contribution in [1.29, 1.82) is 0 Å². The van der Waals surface area contributed by atoms with E-state index in [-0.39, 0.29) is 24.0 Å². The van der Waals surface area contributed by atoms with E-state index < -0.39 is 35.2 Å². The molecule has 0 unspecified atom stereocenters. The molecule has 0 saturated heterocycles. The van der Waals surface area contributed by atoms with Gasteiger partial charge in [0.15, 0.2) is 0 Å². The van der Waals surface area contributed by atoms with Crippen molar-refractivity contribution in [1.82, 2.24) is 20.3 Å². The first-order valence-electron chi connectivity index (χ1n) is 16.3. The number of carbonyl (C=O) groups is 2. The Labute approximate surface area is 258 Å². The topological polar surface area (TPSA) is 147 Å². The van der Waals surface area contributed by atoms with Gasteiger partial charge in [-0.15, -0.1) is 5.10 Å². The minimum absolute atomic E-state index is 0.0694. The zero-order valence-electron chi connectivity index (χ0n) is 26.2. The summed E-state index contributed by atoms with van der Waals surface area (Å²) in [6.45, 7) is 7.70. The molecule has 1 heterocycles. The summed E-state index contributed by atoms with van der Waals surface area (Å²) in [4.78, 5) is 24.5. The Kier molecular flexibility index (Phi) is 8.11. The lowest BCUT2D eigenvalue weighted by Gasteiger charge is -2.52. The summed E-state index contributed by atoms with van der Waals surface area (Å²) in [5.41, 5.74) is 1.72. The van der Waals surface area contributed by atoms with Crippen molar-refractivity contribution in [2.24, 2.45) is 17.3 Å². The number of aromatic nitrogens is 3. The number of amides is 1. The van der Waals surface area contributed by atoms with Gasteiger partial charge >= 0.3 is 5.97 Å². The Morgan fingerprint density at radius 2 is 1.95 bits per heavy atom. The molecule has 4 aliphatic carbocycles. The average molecular weight is 607 g/mol. The molecule has 8 atom stereocenters. The average Bonchev–Trinajstić information content (AvgIpc) is 3.59. The molecule has 1 aromatic heterocycles. The molecule has 10 nitrogen and oxygen atoms in total. The van der Waals surface area contributed by atoms with Crippen LogP contribution in [-0.4, -0.2) is 60.4 Å². The van der Waals surface area contributed by atoms with Gasteiger partial charge in [-0.3, -0.25) is 4.79 Å². The van der Waals surface area contributed by atoms with Crippen molar-refractivity contribution < 1.29 is 29.6 Å². The maximum Gasteiger partial charge on any atom is 0.331 e. The SMILES string of the molecule is CCC(CC)O[C@@H]1CC(C(=O)O)=C[C@H](n2cc([C@]3(O)CC[C@H]4[C@@H]5CCc6cc(O)ccc6[C@H]5CC[C@@]43C)nn2)[C@H]1NC(C)=O. The summed E-state index contributed by atoms with van der Waals surface area (Å²) in [5.74, 6) is 0.233. The molecule has 0 bridgehead atoms. The number of ether oxygens (including phenoxy) is 1.